The van der Waals surface area contributed by atoms with Crippen molar-refractivity contribution in [2.45, 2.75) is 17.0 Å². The molecule has 1 amide bonds. The average Bonchev–Trinajstić information content (AvgIpc) is 2.82. The predicted molar refractivity (Wildman–Crippen MR) is 132 cm³/mol. The summed E-state index contributed by atoms with van der Waals surface area (Å²) >= 11 is 2.58. The van der Waals surface area contributed by atoms with Gasteiger partial charge in [0.25, 0.3) is 5.56 Å². The van der Waals surface area contributed by atoms with E-state index in [1.165, 1.54) is 24.9 Å². The molecule has 0 saturated heterocycles. The van der Waals surface area contributed by atoms with Crippen LogP contribution >= 0.6 is 23.5 Å². The Bertz CT molecular complexity index is 1140. The number of hydrogen-bond donors (Lipinski definition) is 2. The minimum absolute atomic E-state index is 0.0560. The van der Waals surface area contributed by atoms with E-state index in [4.69, 9.17) is 10.5 Å². The van der Waals surface area contributed by atoms with Crippen LogP contribution in [0.1, 0.15) is 5.56 Å². The molecule has 1 heterocycles. The molecule has 2 aromatic carbocycles. The highest BCUT2D eigenvalue weighted by molar-refractivity contribution is 7.99. The van der Waals surface area contributed by atoms with Crippen LogP contribution < -0.4 is 16.6 Å². The van der Waals surface area contributed by atoms with Crippen molar-refractivity contribution in [1.29, 1.82) is 0 Å². The molecule has 0 spiro atoms. The summed E-state index contributed by atoms with van der Waals surface area (Å²) in [6.45, 7) is 0. The average molecular weight is 485 g/mol. The number of nitrogens with one attached hydrogen (secondary N) is 1. The van der Waals surface area contributed by atoms with Gasteiger partial charge in [-0.1, -0.05) is 60.3 Å². The van der Waals surface area contributed by atoms with E-state index in [1.54, 1.807) is 4.57 Å². The highest BCUT2D eigenvalue weighted by atomic mass is 32.2. The first-order valence-electron chi connectivity index (χ1n) is 10.0. The van der Waals surface area contributed by atoms with Crippen LogP contribution in [0.3, 0.4) is 0 Å². The standard InChI is InChI=1S/C23H24N4O4S2/c1-31-22(30)18(14-32-13-16-8-4-2-5-9-16)25-21(29)15-33-23-26-20(28)12-19(24)27(23)17-10-6-3-7-11-17/h2-12,18H,13-15,24H2,1H3,(H,25,29)/t18-/m0/s1. The van der Waals surface area contributed by atoms with Gasteiger partial charge in [0.2, 0.25) is 5.91 Å². The van der Waals surface area contributed by atoms with Crippen LogP contribution in [0.15, 0.2) is 76.7 Å². The lowest BCUT2D eigenvalue weighted by Crippen LogP contribution is -2.44. The number of hydrogen-bond acceptors (Lipinski definition) is 8. The number of carbonyl (C=O) groups is 2. The quantitative estimate of drug-likeness (QED) is 0.256. The van der Waals surface area contributed by atoms with Crippen LogP contribution in [-0.4, -0.2) is 46.1 Å². The summed E-state index contributed by atoms with van der Waals surface area (Å²) in [5, 5.41) is 3.00. The number of esters is 1. The zero-order chi connectivity index (χ0) is 23.6. The third-order valence-electron chi connectivity index (χ3n) is 4.49. The van der Waals surface area contributed by atoms with E-state index in [1.807, 2.05) is 60.7 Å². The van der Waals surface area contributed by atoms with Crippen molar-refractivity contribution in [3.05, 3.63) is 82.6 Å². The second-order valence-corrected chi connectivity index (χ2v) is 8.88. The Kier molecular flexibility index (Phi) is 8.96. The molecule has 0 aliphatic heterocycles. The van der Waals surface area contributed by atoms with E-state index in [0.29, 0.717) is 11.5 Å². The number of para-hydroxylation sites is 1. The summed E-state index contributed by atoms with van der Waals surface area (Å²) in [6.07, 6.45) is 0. The fourth-order valence-electron chi connectivity index (χ4n) is 2.96. The van der Waals surface area contributed by atoms with Crippen molar-refractivity contribution in [2.24, 2.45) is 0 Å². The Labute approximate surface area is 199 Å². The Balaban J connectivity index is 1.64. The second kappa shape index (κ2) is 12.1. The maximum atomic E-state index is 12.6. The third kappa shape index (κ3) is 7.13. The lowest BCUT2D eigenvalue weighted by atomic mass is 10.2. The molecule has 0 saturated carbocycles. The van der Waals surface area contributed by atoms with Crippen LogP contribution in [0.25, 0.3) is 5.69 Å². The van der Waals surface area contributed by atoms with Crippen LogP contribution in [0.2, 0.25) is 0 Å². The van der Waals surface area contributed by atoms with Gasteiger partial charge in [-0.05, 0) is 17.7 Å². The molecular formula is C23H24N4O4S2. The molecule has 8 nitrogen and oxygen atoms in total. The highest BCUT2D eigenvalue weighted by Crippen LogP contribution is 2.22. The Morgan fingerprint density at radius 3 is 2.45 bits per heavy atom. The SMILES string of the molecule is COC(=O)[C@H](CSCc1ccccc1)NC(=O)CSc1nc(=O)cc(N)n1-c1ccccc1. The van der Waals surface area contributed by atoms with Gasteiger partial charge in [-0.25, -0.2) is 4.79 Å². The monoisotopic (exact) mass is 484 g/mol. The van der Waals surface area contributed by atoms with E-state index < -0.39 is 17.6 Å². The summed E-state index contributed by atoms with van der Waals surface area (Å²) in [4.78, 5) is 40.7. The number of carbonyl (C=O) groups excluding carboxylic acids is 2. The lowest BCUT2D eigenvalue weighted by molar-refractivity contribution is -0.144. The number of ether oxygens (including phenoxy) is 1. The topological polar surface area (TPSA) is 116 Å². The maximum Gasteiger partial charge on any atom is 0.329 e. The van der Waals surface area contributed by atoms with Gasteiger partial charge in [-0.2, -0.15) is 16.7 Å². The Morgan fingerprint density at radius 2 is 1.79 bits per heavy atom. The zero-order valence-corrected chi connectivity index (χ0v) is 19.6. The third-order valence-corrected chi connectivity index (χ3v) is 6.54. The molecule has 0 unspecified atom stereocenters. The summed E-state index contributed by atoms with van der Waals surface area (Å²) < 4.78 is 6.44. The first kappa shape index (κ1) is 24.4. The van der Waals surface area contributed by atoms with Crippen LogP contribution in [0.5, 0.6) is 0 Å². The number of methoxy groups -OCH3 is 1. The van der Waals surface area contributed by atoms with E-state index in [2.05, 4.69) is 10.3 Å². The summed E-state index contributed by atoms with van der Waals surface area (Å²) in [6, 6.07) is 19.5. The number of aromatic nitrogens is 2. The Hall–Kier alpha value is -3.24. The normalized spacial score (nSPS) is 11.5. The van der Waals surface area contributed by atoms with Gasteiger partial charge in [0.05, 0.1) is 12.9 Å². The number of benzene rings is 2. The van der Waals surface area contributed by atoms with Gasteiger partial charge >= 0.3 is 5.97 Å². The van der Waals surface area contributed by atoms with Gasteiger partial charge in [0.1, 0.15) is 11.9 Å². The molecule has 0 fully saturated rings. The smallest absolute Gasteiger partial charge is 0.329 e. The number of rotatable bonds is 10. The van der Waals surface area contributed by atoms with Crippen LogP contribution in [-0.2, 0) is 20.1 Å². The minimum Gasteiger partial charge on any atom is -0.467 e. The van der Waals surface area contributed by atoms with Gasteiger partial charge in [-0.15, -0.1) is 0 Å². The summed E-state index contributed by atoms with van der Waals surface area (Å²) in [5.74, 6) is 0.330. The summed E-state index contributed by atoms with van der Waals surface area (Å²) in [5.41, 5.74) is 7.40. The highest BCUT2D eigenvalue weighted by Gasteiger charge is 2.22. The number of anilines is 1. The lowest BCUT2D eigenvalue weighted by Gasteiger charge is -2.17. The van der Waals surface area contributed by atoms with Gasteiger partial charge in [-0.3, -0.25) is 14.2 Å². The molecule has 3 rings (SSSR count). The molecule has 0 bridgehead atoms. The van der Waals surface area contributed by atoms with Crippen LogP contribution in [0.4, 0.5) is 5.82 Å². The number of nitrogens with two attached hydrogens (primary N) is 1. The number of thioether (sulfide) groups is 2. The molecule has 0 aliphatic rings. The van der Waals surface area contributed by atoms with Crippen molar-refractivity contribution < 1.29 is 14.3 Å². The molecule has 1 aromatic heterocycles. The van der Waals surface area contributed by atoms with Crippen molar-refractivity contribution >= 4 is 41.2 Å². The first-order valence-corrected chi connectivity index (χ1v) is 12.2. The molecule has 10 heteroatoms. The molecule has 3 N–H and O–H groups in total. The fraction of sp³-hybridized carbons (Fsp3) is 0.217. The summed E-state index contributed by atoms with van der Waals surface area (Å²) in [7, 11) is 1.29. The number of nitrogens with zero attached hydrogens (tertiary/aromatic N) is 2. The predicted octanol–water partition coefficient (Wildman–Crippen LogP) is 2.50. The largest absolute Gasteiger partial charge is 0.467 e. The first-order chi connectivity index (χ1) is 16.0. The molecule has 33 heavy (non-hydrogen) atoms. The molecular weight excluding hydrogens is 460 g/mol. The zero-order valence-electron chi connectivity index (χ0n) is 18.0. The van der Waals surface area contributed by atoms with E-state index in [-0.39, 0.29) is 22.6 Å². The molecule has 1 atom stereocenters. The van der Waals surface area contributed by atoms with E-state index in [0.717, 1.165) is 23.0 Å². The maximum absolute atomic E-state index is 12.6. The van der Waals surface area contributed by atoms with Crippen molar-refractivity contribution in [3.63, 3.8) is 0 Å². The minimum atomic E-state index is -0.790. The number of amides is 1. The number of nitrogen functional groups attached to an aromatic ring is 1. The molecule has 172 valence electrons. The van der Waals surface area contributed by atoms with E-state index >= 15 is 0 Å². The van der Waals surface area contributed by atoms with Crippen LogP contribution in [0, 0.1) is 0 Å². The van der Waals surface area contributed by atoms with Gasteiger partial charge in [0, 0.05) is 23.3 Å². The molecule has 0 radical (unpaired) electrons. The van der Waals surface area contributed by atoms with Gasteiger partial charge in [0.15, 0.2) is 5.16 Å². The Morgan fingerprint density at radius 1 is 1.12 bits per heavy atom. The van der Waals surface area contributed by atoms with Gasteiger partial charge < -0.3 is 15.8 Å². The fourth-order valence-corrected chi connectivity index (χ4v) is 4.80. The van der Waals surface area contributed by atoms with Crippen molar-refractivity contribution in [2.75, 3.05) is 24.3 Å². The molecule has 3 aromatic rings. The second-order valence-electron chi connectivity index (χ2n) is 6.91. The van der Waals surface area contributed by atoms with Crippen molar-refractivity contribution in [3.8, 4) is 5.69 Å². The molecule has 0 aliphatic carbocycles. The van der Waals surface area contributed by atoms with Crippen molar-refractivity contribution in [1.82, 2.24) is 14.9 Å². The van der Waals surface area contributed by atoms with E-state index in [9.17, 15) is 14.4 Å².